The predicted octanol–water partition coefficient (Wildman–Crippen LogP) is 6.95. The molecule has 0 heterocycles. The van der Waals surface area contributed by atoms with Crippen molar-refractivity contribution in [2.75, 3.05) is 0 Å². The van der Waals surface area contributed by atoms with Crippen LogP contribution in [-0.2, 0) is 0 Å². The Hall–Kier alpha value is 0.394. The molecule has 0 aromatic carbocycles. The Morgan fingerprint density at radius 2 is 0.958 bits per heavy atom. The highest BCUT2D eigenvalue weighted by molar-refractivity contribution is 6.76. The lowest BCUT2D eigenvalue weighted by Crippen LogP contribution is -2.72. The van der Waals surface area contributed by atoms with Gasteiger partial charge >= 0.3 is 0 Å². The summed E-state index contributed by atoms with van der Waals surface area (Å²) in [6, 6.07) is 2.99. The molecule has 0 saturated heterocycles. The Kier molecular flexibility index (Phi) is 12.1. The van der Waals surface area contributed by atoms with E-state index in [2.05, 4.69) is 46.2 Å². The molecule has 0 aliphatic carbocycles. The minimum absolute atomic E-state index is 0.382. The normalized spacial score (nSPS) is 13.5. The largest absolute Gasteiger partial charge is 0.353 e. The first-order chi connectivity index (χ1) is 11.0. The van der Waals surface area contributed by atoms with Gasteiger partial charge in [0, 0.05) is 35.4 Å². The van der Waals surface area contributed by atoms with Crippen molar-refractivity contribution in [2.45, 2.75) is 134 Å². The van der Waals surface area contributed by atoms with Gasteiger partial charge < -0.3 is 5.73 Å². The van der Waals surface area contributed by atoms with Crippen LogP contribution in [0.2, 0.25) is 51.4 Å². The number of unbranched alkanes of at least 4 members (excludes halogenated alkanes) is 5. The van der Waals surface area contributed by atoms with Crippen LogP contribution in [-0.4, -0.2) is 21.7 Å². The summed E-state index contributed by atoms with van der Waals surface area (Å²) in [6.07, 6.45) is 15.4. The fourth-order valence-electron chi connectivity index (χ4n) is 3.61. The molecule has 0 aromatic heterocycles. The maximum atomic E-state index is 4.76. The average Bonchev–Trinajstić information content (AvgIpc) is 2.43. The molecule has 3 N–H and O–H groups in total. The van der Waals surface area contributed by atoms with E-state index >= 15 is 0 Å². The lowest BCUT2D eigenvalue weighted by molar-refractivity contribution is -0.484. The van der Waals surface area contributed by atoms with E-state index < -0.39 is 16.1 Å². The Bertz CT molecular complexity index is 280. The molecular formula is C21H50NSi2+. The second-order valence-electron chi connectivity index (χ2n) is 10.8. The molecule has 1 nitrogen and oxygen atoms in total. The van der Waals surface area contributed by atoms with Gasteiger partial charge in [0.2, 0.25) is 0 Å². The summed E-state index contributed by atoms with van der Waals surface area (Å²) in [7, 11) is -1.72. The highest BCUT2D eigenvalue weighted by atomic mass is 28.3. The van der Waals surface area contributed by atoms with Crippen molar-refractivity contribution in [3.63, 3.8) is 0 Å². The van der Waals surface area contributed by atoms with Gasteiger partial charge in [0.15, 0.2) is 0 Å². The molecule has 0 spiro atoms. The maximum absolute atomic E-state index is 4.76. The van der Waals surface area contributed by atoms with Crippen molar-refractivity contribution in [2.24, 2.45) is 0 Å². The molecule has 0 bridgehead atoms. The monoisotopic (exact) mass is 372 g/mol. The highest BCUT2D eigenvalue weighted by Gasteiger charge is 2.28. The van der Waals surface area contributed by atoms with E-state index in [1.165, 1.54) is 82.7 Å². The first kappa shape index (κ1) is 24.4. The first-order valence-electron chi connectivity index (χ1n) is 10.8. The second-order valence-corrected chi connectivity index (χ2v) is 22.1. The Morgan fingerprint density at radius 1 is 0.583 bits per heavy atom. The molecule has 3 heteroatoms. The van der Waals surface area contributed by atoms with Gasteiger partial charge in [-0.25, -0.2) is 0 Å². The Morgan fingerprint density at radius 3 is 1.29 bits per heavy atom. The minimum atomic E-state index is -0.858. The van der Waals surface area contributed by atoms with Crippen LogP contribution in [0.3, 0.4) is 0 Å². The molecule has 0 atom stereocenters. The lowest BCUT2D eigenvalue weighted by atomic mass is 9.83. The van der Waals surface area contributed by atoms with E-state index in [4.69, 9.17) is 5.73 Å². The van der Waals surface area contributed by atoms with E-state index in [1.807, 2.05) is 0 Å². The summed E-state index contributed by atoms with van der Waals surface area (Å²) in [5.74, 6) is 0. The van der Waals surface area contributed by atoms with E-state index in [0.717, 1.165) is 0 Å². The van der Waals surface area contributed by atoms with Crippen LogP contribution in [0, 0.1) is 0 Å². The van der Waals surface area contributed by atoms with Gasteiger partial charge in [-0.3, -0.25) is 0 Å². The van der Waals surface area contributed by atoms with Crippen LogP contribution < -0.4 is 5.73 Å². The molecule has 0 saturated carbocycles. The van der Waals surface area contributed by atoms with Gasteiger partial charge in [-0.1, -0.05) is 90.4 Å². The van der Waals surface area contributed by atoms with Crippen LogP contribution in [0.25, 0.3) is 0 Å². The number of hydrogen-bond donors (Lipinski definition) is 1. The second kappa shape index (κ2) is 11.9. The standard InChI is InChI=1S/C21H49NSi2/c1-8-9-10-11-16-21(22,17-12-14-19-23(2,3)4)18-13-15-20-24(5,6)7/h8-20,22H2,1-7H3/p+1. The Balaban J connectivity index is 4.26. The molecule has 146 valence electrons. The van der Waals surface area contributed by atoms with E-state index in [-0.39, 0.29) is 0 Å². The summed E-state index contributed by atoms with van der Waals surface area (Å²) in [6.45, 7) is 17.3. The first-order valence-corrected chi connectivity index (χ1v) is 18.2. The smallest absolute Gasteiger partial charge is 0.0945 e. The zero-order valence-corrected chi connectivity index (χ0v) is 20.4. The third-order valence-electron chi connectivity index (χ3n) is 5.33. The quantitative estimate of drug-likeness (QED) is 0.238. The SMILES string of the molecule is CCCCCCC([NH3+])(CCCC[Si](C)(C)C)CCCC[Si](C)(C)C. The molecule has 0 fully saturated rings. The molecule has 0 rings (SSSR count). The van der Waals surface area contributed by atoms with Crippen molar-refractivity contribution in [1.29, 1.82) is 0 Å². The molecular weight excluding hydrogens is 322 g/mol. The van der Waals surface area contributed by atoms with Crippen molar-refractivity contribution < 1.29 is 5.73 Å². The molecule has 0 aromatic rings. The molecule has 0 amide bonds. The summed E-state index contributed by atoms with van der Waals surface area (Å²) in [5.41, 5.74) is 5.14. The van der Waals surface area contributed by atoms with Crippen LogP contribution in [0.15, 0.2) is 0 Å². The van der Waals surface area contributed by atoms with Crippen LogP contribution >= 0.6 is 0 Å². The highest BCUT2D eigenvalue weighted by Crippen LogP contribution is 2.26. The predicted molar refractivity (Wildman–Crippen MR) is 118 cm³/mol. The summed E-state index contributed by atoms with van der Waals surface area (Å²) >= 11 is 0. The van der Waals surface area contributed by atoms with Crippen molar-refractivity contribution in [3.05, 3.63) is 0 Å². The number of hydrogen-bond acceptors (Lipinski definition) is 0. The maximum Gasteiger partial charge on any atom is 0.0945 e. The molecule has 0 aliphatic heterocycles. The lowest BCUT2D eigenvalue weighted by Gasteiger charge is -2.27. The third-order valence-corrected chi connectivity index (χ3v) is 9.04. The molecule has 0 radical (unpaired) electrons. The van der Waals surface area contributed by atoms with Gasteiger partial charge in [-0.2, -0.15) is 0 Å². The van der Waals surface area contributed by atoms with Gasteiger partial charge in [-0.15, -0.1) is 0 Å². The third kappa shape index (κ3) is 15.9. The van der Waals surface area contributed by atoms with E-state index in [0.29, 0.717) is 5.54 Å². The molecule has 0 unspecified atom stereocenters. The van der Waals surface area contributed by atoms with Crippen LogP contribution in [0.1, 0.15) is 77.6 Å². The summed E-state index contributed by atoms with van der Waals surface area (Å²) in [5, 5.41) is 0. The summed E-state index contributed by atoms with van der Waals surface area (Å²) in [4.78, 5) is 0. The van der Waals surface area contributed by atoms with E-state index in [1.54, 1.807) is 0 Å². The number of rotatable bonds is 15. The van der Waals surface area contributed by atoms with Crippen LogP contribution in [0.4, 0.5) is 0 Å². The van der Waals surface area contributed by atoms with Gasteiger partial charge in [-0.05, 0) is 19.3 Å². The van der Waals surface area contributed by atoms with Crippen molar-refractivity contribution >= 4 is 16.1 Å². The van der Waals surface area contributed by atoms with Crippen LogP contribution in [0.5, 0.6) is 0 Å². The zero-order valence-electron chi connectivity index (χ0n) is 18.4. The molecule has 0 aliphatic rings. The van der Waals surface area contributed by atoms with Crippen molar-refractivity contribution in [1.82, 2.24) is 0 Å². The van der Waals surface area contributed by atoms with Gasteiger partial charge in [0.25, 0.3) is 0 Å². The fourth-order valence-corrected chi connectivity index (χ4v) is 6.23. The topological polar surface area (TPSA) is 27.6 Å². The average molecular weight is 373 g/mol. The number of quaternary nitrogens is 1. The van der Waals surface area contributed by atoms with Gasteiger partial charge in [0.1, 0.15) is 0 Å². The fraction of sp³-hybridized carbons (Fsp3) is 1.00. The molecule has 24 heavy (non-hydrogen) atoms. The van der Waals surface area contributed by atoms with E-state index in [9.17, 15) is 0 Å². The minimum Gasteiger partial charge on any atom is -0.353 e. The Labute approximate surface area is 156 Å². The zero-order chi connectivity index (χ0) is 18.7. The summed E-state index contributed by atoms with van der Waals surface area (Å²) < 4.78 is 0. The van der Waals surface area contributed by atoms with Crippen molar-refractivity contribution in [3.8, 4) is 0 Å². The van der Waals surface area contributed by atoms with Gasteiger partial charge in [0.05, 0.1) is 5.54 Å².